The van der Waals surface area contributed by atoms with Gasteiger partial charge in [-0.05, 0) is 36.8 Å². The highest BCUT2D eigenvalue weighted by molar-refractivity contribution is 6.44. The van der Waals surface area contributed by atoms with Gasteiger partial charge in [0.05, 0.1) is 10.0 Å². The number of hydrogen-bond donors (Lipinski definition) is 2. The molecule has 0 saturated carbocycles. The first-order valence-corrected chi connectivity index (χ1v) is 7.27. The number of hydrogen-bond acceptors (Lipinski definition) is 2. The van der Waals surface area contributed by atoms with Gasteiger partial charge in [-0.3, -0.25) is 0 Å². The predicted octanol–water partition coefficient (Wildman–Crippen LogP) is 5.20. The van der Waals surface area contributed by atoms with E-state index in [9.17, 15) is 5.11 Å². The normalized spacial score (nSPS) is 12.4. The van der Waals surface area contributed by atoms with E-state index in [1.54, 1.807) is 24.3 Å². The molecule has 20 heavy (non-hydrogen) atoms. The van der Waals surface area contributed by atoms with Gasteiger partial charge in [-0.2, -0.15) is 0 Å². The van der Waals surface area contributed by atoms with Crippen molar-refractivity contribution in [1.82, 2.24) is 5.32 Å². The number of halogens is 3. The summed E-state index contributed by atoms with van der Waals surface area (Å²) in [4.78, 5) is 0. The van der Waals surface area contributed by atoms with Crippen LogP contribution in [-0.2, 0) is 6.54 Å². The van der Waals surface area contributed by atoms with E-state index in [-0.39, 0.29) is 11.8 Å². The van der Waals surface area contributed by atoms with Gasteiger partial charge >= 0.3 is 0 Å². The van der Waals surface area contributed by atoms with Gasteiger partial charge in [-0.1, -0.05) is 46.9 Å². The van der Waals surface area contributed by atoms with Gasteiger partial charge in [-0.25, -0.2) is 0 Å². The molecular formula is C15H14Cl3NO. The van der Waals surface area contributed by atoms with Crippen molar-refractivity contribution >= 4 is 34.8 Å². The summed E-state index contributed by atoms with van der Waals surface area (Å²) in [6.07, 6.45) is 0. The number of phenols is 1. The molecule has 0 heterocycles. The molecule has 0 spiro atoms. The van der Waals surface area contributed by atoms with Crippen molar-refractivity contribution in [3.05, 3.63) is 62.6 Å². The molecule has 2 aromatic rings. The summed E-state index contributed by atoms with van der Waals surface area (Å²) in [6.45, 7) is 2.50. The van der Waals surface area contributed by atoms with E-state index < -0.39 is 0 Å². The third-order valence-corrected chi connectivity index (χ3v) is 4.29. The Balaban J connectivity index is 2.11. The molecule has 0 aromatic heterocycles. The Bertz CT molecular complexity index is 616. The van der Waals surface area contributed by atoms with Gasteiger partial charge in [0, 0.05) is 23.2 Å². The second kappa shape index (κ2) is 6.68. The lowest BCUT2D eigenvalue weighted by Gasteiger charge is -2.16. The number of rotatable bonds is 4. The Morgan fingerprint density at radius 2 is 1.80 bits per heavy atom. The average molecular weight is 331 g/mol. The second-order valence-electron chi connectivity index (χ2n) is 4.52. The molecular weight excluding hydrogens is 317 g/mol. The van der Waals surface area contributed by atoms with E-state index in [2.05, 4.69) is 5.32 Å². The van der Waals surface area contributed by atoms with E-state index in [1.807, 2.05) is 19.1 Å². The van der Waals surface area contributed by atoms with Crippen LogP contribution in [0.3, 0.4) is 0 Å². The van der Waals surface area contributed by atoms with Crippen LogP contribution in [0, 0.1) is 0 Å². The zero-order valence-electron chi connectivity index (χ0n) is 10.8. The van der Waals surface area contributed by atoms with Crippen LogP contribution in [0.4, 0.5) is 0 Å². The fourth-order valence-corrected chi connectivity index (χ4v) is 2.58. The molecule has 0 fully saturated rings. The van der Waals surface area contributed by atoms with Crippen LogP contribution in [0.1, 0.15) is 24.1 Å². The summed E-state index contributed by atoms with van der Waals surface area (Å²) < 4.78 is 0. The van der Waals surface area contributed by atoms with Gasteiger partial charge in [0.1, 0.15) is 5.75 Å². The maximum absolute atomic E-state index is 9.48. The second-order valence-corrected chi connectivity index (χ2v) is 5.71. The van der Waals surface area contributed by atoms with Gasteiger partial charge in [0.15, 0.2) is 0 Å². The Kier molecular flexibility index (Phi) is 5.17. The maximum atomic E-state index is 9.48. The van der Waals surface area contributed by atoms with Crippen molar-refractivity contribution in [3.63, 3.8) is 0 Å². The van der Waals surface area contributed by atoms with Crippen molar-refractivity contribution in [1.29, 1.82) is 0 Å². The molecule has 0 saturated heterocycles. The third kappa shape index (κ3) is 3.58. The minimum atomic E-state index is 0.0493. The minimum absolute atomic E-state index is 0.0493. The number of nitrogens with one attached hydrogen (secondary N) is 1. The standard InChI is InChI=1S/C15H14Cl3NO/c1-9(10-3-2-4-11(20)7-10)19-8-12-13(16)5-6-14(17)15(12)18/h2-7,9,19-20H,8H2,1H3. The molecule has 0 aliphatic carbocycles. The van der Waals surface area contributed by atoms with Crippen LogP contribution in [0.5, 0.6) is 5.75 Å². The van der Waals surface area contributed by atoms with Crippen molar-refractivity contribution < 1.29 is 5.11 Å². The zero-order valence-corrected chi connectivity index (χ0v) is 13.1. The van der Waals surface area contributed by atoms with Crippen LogP contribution in [-0.4, -0.2) is 5.11 Å². The molecule has 2 aromatic carbocycles. The molecule has 1 unspecified atom stereocenters. The highest BCUT2D eigenvalue weighted by Gasteiger charge is 2.12. The molecule has 2 N–H and O–H groups in total. The van der Waals surface area contributed by atoms with Crippen molar-refractivity contribution in [2.45, 2.75) is 19.5 Å². The first-order valence-electron chi connectivity index (χ1n) is 6.13. The van der Waals surface area contributed by atoms with Crippen molar-refractivity contribution in [2.24, 2.45) is 0 Å². The number of phenolic OH excluding ortho intramolecular Hbond substituents is 1. The summed E-state index contributed by atoms with van der Waals surface area (Å²) in [7, 11) is 0. The van der Waals surface area contributed by atoms with E-state index in [0.717, 1.165) is 11.1 Å². The molecule has 2 nitrogen and oxygen atoms in total. The average Bonchev–Trinajstić information content (AvgIpc) is 2.43. The Morgan fingerprint density at radius 3 is 2.50 bits per heavy atom. The van der Waals surface area contributed by atoms with E-state index in [0.29, 0.717) is 21.6 Å². The summed E-state index contributed by atoms with van der Waals surface area (Å²) >= 11 is 18.3. The Morgan fingerprint density at radius 1 is 1.10 bits per heavy atom. The molecule has 0 bridgehead atoms. The lowest BCUT2D eigenvalue weighted by molar-refractivity contribution is 0.472. The first-order chi connectivity index (χ1) is 9.49. The van der Waals surface area contributed by atoms with Gasteiger partial charge < -0.3 is 10.4 Å². The summed E-state index contributed by atoms with van der Waals surface area (Å²) in [5, 5.41) is 14.3. The van der Waals surface area contributed by atoms with Crippen molar-refractivity contribution in [3.8, 4) is 5.75 Å². The van der Waals surface area contributed by atoms with Crippen molar-refractivity contribution in [2.75, 3.05) is 0 Å². The smallest absolute Gasteiger partial charge is 0.115 e. The summed E-state index contributed by atoms with van der Waals surface area (Å²) in [6, 6.07) is 10.6. The molecule has 5 heteroatoms. The monoisotopic (exact) mass is 329 g/mol. The molecule has 0 aliphatic heterocycles. The lowest BCUT2D eigenvalue weighted by Crippen LogP contribution is -2.18. The lowest BCUT2D eigenvalue weighted by atomic mass is 10.1. The highest BCUT2D eigenvalue weighted by Crippen LogP contribution is 2.31. The summed E-state index contributed by atoms with van der Waals surface area (Å²) in [5.41, 5.74) is 1.76. The maximum Gasteiger partial charge on any atom is 0.115 e. The molecule has 2 rings (SSSR count). The van der Waals surface area contributed by atoms with Crippen LogP contribution in [0.25, 0.3) is 0 Å². The van der Waals surface area contributed by atoms with E-state index >= 15 is 0 Å². The highest BCUT2D eigenvalue weighted by atomic mass is 35.5. The fraction of sp³-hybridized carbons (Fsp3) is 0.200. The predicted molar refractivity (Wildman–Crippen MR) is 84.8 cm³/mol. The quantitative estimate of drug-likeness (QED) is 0.755. The number of aromatic hydroxyl groups is 1. The molecule has 0 radical (unpaired) electrons. The van der Waals surface area contributed by atoms with Gasteiger partial charge in [-0.15, -0.1) is 0 Å². The molecule has 0 aliphatic rings. The van der Waals surface area contributed by atoms with E-state index in [4.69, 9.17) is 34.8 Å². The minimum Gasteiger partial charge on any atom is -0.508 e. The van der Waals surface area contributed by atoms with Crippen LogP contribution in [0.15, 0.2) is 36.4 Å². The molecule has 0 amide bonds. The van der Waals surface area contributed by atoms with Gasteiger partial charge in [0.2, 0.25) is 0 Å². The largest absolute Gasteiger partial charge is 0.508 e. The molecule has 106 valence electrons. The summed E-state index contributed by atoms with van der Waals surface area (Å²) in [5.74, 6) is 0.245. The fourth-order valence-electron chi connectivity index (χ4n) is 1.90. The van der Waals surface area contributed by atoms with Gasteiger partial charge in [0.25, 0.3) is 0 Å². The zero-order chi connectivity index (χ0) is 14.7. The van der Waals surface area contributed by atoms with Crippen LogP contribution >= 0.6 is 34.8 Å². The first kappa shape index (κ1) is 15.5. The topological polar surface area (TPSA) is 32.3 Å². The SMILES string of the molecule is CC(NCc1c(Cl)ccc(Cl)c1Cl)c1cccc(O)c1. The molecule has 1 atom stereocenters. The Hall–Kier alpha value is -0.930. The van der Waals surface area contributed by atoms with Crippen LogP contribution in [0.2, 0.25) is 15.1 Å². The van der Waals surface area contributed by atoms with Crippen LogP contribution < -0.4 is 5.32 Å². The third-order valence-electron chi connectivity index (χ3n) is 3.09. The van der Waals surface area contributed by atoms with E-state index in [1.165, 1.54) is 0 Å². The number of benzene rings is 2. The Labute approximate surface area is 133 Å².